The zero-order valence-electron chi connectivity index (χ0n) is 15.6. The Morgan fingerprint density at radius 3 is 2.12 bits per heavy atom. The van der Waals surface area contributed by atoms with Gasteiger partial charge in [-0.15, -0.1) is 0 Å². The van der Waals surface area contributed by atoms with E-state index in [1.807, 2.05) is 24.4 Å². The summed E-state index contributed by atoms with van der Waals surface area (Å²) in [4.78, 5) is 9.04. The van der Waals surface area contributed by atoms with E-state index in [2.05, 4.69) is 16.0 Å². The van der Waals surface area contributed by atoms with Crippen LogP contribution >= 0.6 is 0 Å². The largest absolute Gasteiger partial charge is 0.382 e. The molecule has 0 saturated carbocycles. The first-order valence-corrected chi connectivity index (χ1v) is 8.88. The van der Waals surface area contributed by atoms with E-state index in [4.69, 9.17) is 18.9 Å². The number of pyridine rings is 2. The summed E-state index contributed by atoms with van der Waals surface area (Å²) in [5.41, 5.74) is 4.17. The van der Waals surface area contributed by atoms with E-state index in [1.54, 1.807) is 20.4 Å². The topological polar surface area (TPSA) is 62.7 Å². The van der Waals surface area contributed by atoms with E-state index in [0.29, 0.717) is 39.6 Å². The van der Waals surface area contributed by atoms with Gasteiger partial charge in [0.15, 0.2) is 0 Å². The van der Waals surface area contributed by atoms with E-state index in [0.717, 1.165) is 24.2 Å². The molecule has 0 N–H and O–H groups in total. The quantitative estimate of drug-likeness (QED) is 0.512. The zero-order valence-corrected chi connectivity index (χ0v) is 15.6. The summed E-state index contributed by atoms with van der Waals surface area (Å²) >= 11 is 0. The minimum absolute atomic E-state index is 0.588. The zero-order chi connectivity index (χ0) is 18.5. The molecular formula is C20H28N2O4. The first kappa shape index (κ1) is 20.5. The molecule has 2 aromatic heterocycles. The second-order valence-electron chi connectivity index (χ2n) is 5.72. The van der Waals surface area contributed by atoms with Crippen LogP contribution in [0, 0.1) is 0 Å². The monoisotopic (exact) mass is 360 g/mol. The van der Waals surface area contributed by atoms with Crippen molar-refractivity contribution in [1.29, 1.82) is 0 Å². The first-order valence-electron chi connectivity index (χ1n) is 8.88. The summed E-state index contributed by atoms with van der Waals surface area (Å²) in [6, 6.07) is 7.92. The normalized spacial score (nSPS) is 11.0. The molecule has 0 bridgehead atoms. The lowest BCUT2D eigenvalue weighted by Gasteiger charge is -2.14. The minimum atomic E-state index is 0.588. The van der Waals surface area contributed by atoms with Crippen molar-refractivity contribution in [3.63, 3.8) is 0 Å². The molecule has 0 fully saturated rings. The van der Waals surface area contributed by atoms with Gasteiger partial charge >= 0.3 is 0 Å². The summed E-state index contributed by atoms with van der Waals surface area (Å²) in [5.74, 6) is 0. The Bertz CT molecular complexity index is 622. The van der Waals surface area contributed by atoms with Crippen LogP contribution in [0.4, 0.5) is 0 Å². The third kappa shape index (κ3) is 6.80. The van der Waals surface area contributed by atoms with Crippen molar-refractivity contribution in [3.05, 3.63) is 47.8 Å². The minimum Gasteiger partial charge on any atom is -0.382 e. The van der Waals surface area contributed by atoms with Crippen LogP contribution in [0.15, 0.2) is 36.7 Å². The molecule has 142 valence electrons. The Balaban J connectivity index is 2.09. The fourth-order valence-electron chi connectivity index (χ4n) is 2.61. The van der Waals surface area contributed by atoms with Crippen molar-refractivity contribution in [1.82, 2.24) is 9.97 Å². The van der Waals surface area contributed by atoms with Crippen molar-refractivity contribution in [2.45, 2.75) is 12.8 Å². The van der Waals surface area contributed by atoms with Gasteiger partial charge in [-0.05, 0) is 42.2 Å². The Kier molecular flexibility index (Phi) is 9.82. The number of hydrogen-bond donors (Lipinski definition) is 0. The number of ether oxygens (including phenoxy) is 4. The number of methoxy groups -OCH3 is 2. The Labute approximate surface area is 155 Å². The van der Waals surface area contributed by atoms with E-state index < -0.39 is 0 Å². The maximum absolute atomic E-state index is 5.66. The van der Waals surface area contributed by atoms with Crippen LogP contribution in [0.5, 0.6) is 0 Å². The predicted molar refractivity (Wildman–Crippen MR) is 100 cm³/mol. The summed E-state index contributed by atoms with van der Waals surface area (Å²) in [7, 11) is 3.35. The molecule has 0 aliphatic heterocycles. The van der Waals surface area contributed by atoms with E-state index >= 15 is 0 Å². The van der Waals surface area contributed by atoms with Crippen LogP contribution < -0.4 is 0 Å². The molecule has 0 atom stereocenters. The van der Waals surface area contributed by atoms with Gasteiger partial charge in [0.25, 0.3) is 0 Å². The van der Waals surface area contributed by atoms with Crippen LogP contribution in [0.2, 0.25) is 0 Å². The van der Waals surface area contributed by atoms with Crippen LogP contribution in [0.25, 0.3) is 11.4 Å². The maximum atomic E-state index is 5.66. The fraction of sp³-hybridized carbons (Fsp3) is 0.500. The highest BCUT2D eigenvalue weighted by Gasteiger charge is 2.12. The molecule has 0 saturated heterocycles. The van der Waals surface area contributed by atoms with Crippen molar-refractivity contribution in [3.8, 4) is 11.4 Å². The molecule has 26 heavy (non-hydrogen) atoms. The molecule has 0 aliphatic rings. The molecular weight excluding hydrogens is 332 g/mol. The maximum Gasteiger partial charge on any atom is 0.0921 e. The molecule has 6 heteroatoms. The molecule has 0 aromatic carbocycles. The van der Waals surface area contributed by atoms with Gasteiger partial charge in [0.2, 0.25) is 0 Å². The fourth-order valence-corrected chi connectivity index (χ4v) is 2.61. The number of rotatable bonds is 13. The molecule has 6 nitrogen and oxygen atoms in total. The molecule has 0 amide bonds. The van der Waals surface area contributed by atoms with Gasteiger partial charge in [0.1, 0.15) is 0 Å². The molecule has 0 radical (unpaired) electrons. The van der Waals surface area contributed by atoms with Crippen molar-refractivity contribution in [2.24, 2.45) is 0 Å². The lowest BCUT2D eigenvalue weighted by molar-refractivity contribution is 0.0706. The lowest BCUT2D eigenvalue weighted by Crippen LogP contribution is -2.10. The SMILES string of the molecule is COCCOCCc1ccnc(-c2ccccn2)c1CCOCCOC. The Morgan fingerprint density at radius 1 is 0.731 bits per heavy atom. The van der Waals surface area contributed by atoms with Crippen LogP contribution in [0.3, 0.4) is 0 Å². The summed E-state index contributed by atoms with van der Waals surface area (Å²) < 4.78 is 21.3. The van der Waals surface area contributed by atoms with Crippen molar-refractivity contribution in [2.75, 3.05) is 53.9 Å². The highest BCUT2D eigenvalue weighted by atomic mass is 16.5. The van der Waals surface area contributed by atoms with E-state index in [9.17, 15) is 0 Å². The highest BCUT2D eigenvalue weighted by Crippen LogP contribution is 2.23. The van der Waals surface area contributed by atoms with Crippen LogP contribution in [0.1, 0.15) is 11.1 Å². The van der Waals surface area contributed by atoms with Gasteiger partial charge in [-0.3, -0.25) is 9.97 Å². The summed E-state index contributed by atoms with van der Waals surface area (Å²) in [6.45, 7) is 3.66. The van der Waals surface area contributed by atoms with Gasteiger partial charge in [0.05, 0.1) is 51.0 Å². The van der Waals surface area contributed by atoms with Crippen LogP contribution in [-0.4, -0.2) is 63.8 Å². The van der Waals surface area contributed by atoms with Crippen LogP contribution in [-0.2, 0) is 31.8 Å². The second-order valence-corrected chi connectivity index (χ2v) is 5.72. The van der Waals surface area contributed by atoms with Gasteiger partial charge in [0, 0.05) is 26.6 Å². The van der Waals surface area contributed by atoms with Gasteiger partial charge < -0.3 is 18.9 Å². The van der Waals surface area contributed by atoms with Gasteiger partial charge in [-0.25, -0.2) is 0 Å². The third-order valence-corrected chi connectivity index (χ3v) is 3.94. The van der Waals surface area contributed by atoms with E-state index in [-0.39, 0.29) is 0 Å². The molecule has 2 heterocycles. The van der Waals surface area contributed by atoms with Crippen molar-refractivity contribution >= 4 is 0 Å². The smallest absolute Gasteiger partial charge is 0.0921 e. The molecule has 0 spiro atoms. The van der Waals surface area contributed by atoms with Gasteiger partial charge in [-0.1, -0.05) is 6.07 Å². The van der Waals surface area contributed by atoms with Crippen molar-refractivity contribution < 1.29 is 18.9 Å². The Morgan fingerprint density at radius 2 is 1.46 bits per heavy atom. The second kappa shape index (κ2) is 12.5. The third-order valence-electron chi connectivity index (χ3n) is 3.94. The average molecular weight is 360 g/mol. The number of hydrogen-bond acceptors (Lipinski definition) is 6. The first-order chi connectivity index (χ1) is 12.9. The van der Waals surface area contributed by atoms with Gasteiger partial charge in [-0.2, -0.15) is 0 Å². The Hall–Kier alpha value is -1.86. The lowest BCUT2D eigenvalue weighted by atomic mass is 9.99. The standard InChI is InChI=1S/C20H28N2O4/c1-23-13-15-25-11-7-17-6-10-22-20(19-5-3-4-9-21-19)18(17)8-12-26-16-14-24-2/h3-6,9-10H,7-8,11-16H2,1-2H3. The number of nitrogens with zero attached hydrogens (tertiary/aromatic N) is 2. The number of aromatic nitrogens is 2. The van der Waals surface area contributed by atoms with E-state index in [1.165, 1.54) is 11.1 Å². The summed E-state index contributed by atoms with van der Waals surface area (Å²) in [5, 5.41) is 0. The molecule has 2 aromatic rings. The molecule has 0 aliphatic carbocycles. The summed E-state index contributed by atoms with van der Waals surface area (Å²) in [6.07, 6.45) is 5.22. The molecule has 2 rings (SSSR count). The molecule has 0 unspecified atom stereocenters. The predicted octanol–water partition coefficient (Wildman–Crippen LogP) is 2.55. The average Bonchev–Trinajstić information content (AvgIpc) is 2.69. The highest BCUT2D eigenvalue weighted by molar-refractivity contribution is 5.60.